The molecule has 0 spiro atoms. The Morgan fingerprint density at radius 3 is 2.81 bits per heavy atom. The Morgan fingerprint density at radius 2 is 2.14 bits per heavy atom. The number of halogens is 1. The molecule has 3 atom stereocenters. The molecule has 2 aromatic rings. The third-order valence-corrected chi connectivity index (χ3v) is 4.91. The zero-order valence-corrected chi connectivity index (χ0v) is 13.1. The molecule has 1 aliphatic rings. The highest BCUT2D eigenvalue weighted by Gasteiger charge is 2.35. The van der Waals surface area contributed by atoms with Gasteiger partial charge in [0.25, 0.3) is 0 Å². The summed E-state index contributed by atoms with van der Waals surface area (Å²) in [6.45, 7) is 4.55. The largest absolute Gasteiger partial charge is 0.399 e. The number of hydrogen-bond acceptors (Lipinski definition) is 4. The summed E-state index contributed by atoms with van der Waals surface area (Å²) in [5.74, 6) is 2.07. The van der Waals surface area contributed by atoms with Gasteiger partial charge in [0, 0.05) is 16.3 Å². The smallest absolute Gasteiger partial charge is 0.182 e. The van der Waals surface area contributed by atoms with Crippen LogP contribution in [0.15, 0.2) is 18.2 Å². The summed E-state index contributed by atoms with van der Waals surface area (Å²) in [6, 6.07) is 5.80. The second-order valence-corrected chi connectivity index (χ2v) is 6.33. The summed E-state index contributed by atoms with van der Waals surface area (Å²) < 4.78 is 1.95. The van der Waals surface area contributed by atoms with E-state index >= 15 is 0 Å². The average molecular weight is 306 g/mol. The van der Waals surface area contributed by atoms with Gasteiger partial charge in [0.05, 0.1) is 6.04 Å². The van der Waals surface area contributed by atoms with E-state index in [1.54, 1.807) is 6.07 Å². The van der Waals surface area contributed by atoms with Crippen LogP contribution in [-0.2, 0) is 0 Å². The second-order valence-electron chi connectivity index (χ2n) is 5.89. The van der Waals surface area contributed by atoms with Crippen molar-refractivity contribution in [2.24, 2.45) is 11.8 Å². The quantitative estimate of drug-likeness (QED) is 0.880. The summed E-state index contributed by atoms with van der Waals surface area (Å²) in [5, 5.41) is 12.9. The summed E-state index contributed by atoms with van der Waals surface area (Å²) in [7, 11) is 0. The van der Waals surface area contributed by atoms with Crippen molar-refractivity contribution in [3.05, 3.63) is 23.2 Å². The van der Waals surface area contributed by atoms with Crippen LogP contribution in [0, 0.1) is 11.8 Å². The van der Waals surface area contributed by atoms with Gasteiger partial charge < -0.3 is 5.73 Å². The number of rotatable bonds is 3. The molecule has 3 unspecified atom stereocenters. The molecular weight excluding hydrogens is 286 g/mol. The van der Waals surface area contributed by atoms with E-state index in [0.29, 0.717) is 22.7 Å². The predicted octanol–water partition coefficient (Wildman–Crippen LogP) is 3.57. The van der Waals surface area contributed by atoms with Crippen LogP contribution in [0.5, 0.6) is 0 Å². The highest BCUT2D eigenvalue weighted by molar-refractivity contribution is 6.31. The van der Waals surface area contributed by atoms with Crippen molar-refractivity contribution in [1.82, 2.24) is 20.2 Å². The first-order valence-corrected chi connectivity index (χ1v) is 7.82. The fraction of sp³-hybridized carbons (Fsp3) is 0.533. The van der Waals surface area contributed by atoms with E-state index in [-0.39, 0.29) is 0 Å². The van der Waals surface area contributed by atoms with Crippen molar-refractivity contribution in [3.8, 4) is 11.4 Å². The molecule has 0 aliphatic heterocycles. The highest BCUT2D eigenvalue weighted by atomic mass is 35.5. The van der Waals surface area contributed by atoms with Crippen LogP contribution in [0.4, 0.5) is 5.69 Å². The fourth-order valence-electron chi connectivity index (χ4n) is 3.49. The van der Waals surface area contributed by atoms with E-state index in [1.165, 1.54) is 12.8 Å². The maximum absolute atomic E-state index is 6.10. The van der Waals surface area contributed by atoms with Gasteiger partial charge in [-0.15, -0.1) is 5.10 Å². The monoisotopic (exact) mass is 305 g/mol. The SMILES string of the molecule is CCC1CCC(n2nnnc2-c2cc(N)cc(Cl)c2)C1C. The van der Waals surface area contributed by atoms with Crippen molar-refractivity contribution < 1.29 is 0 Å². The molecule has 2 N–H and O–H groups in total. The number of anilines is 1. The van der Waals surface area contributed by atoms with E-state index in [4.69, 9.17) is 17.3 Å². The number of nitrogens with two attached hydrogens (primary N) is 1. The Balaban J connectivity index is 1.98. The molecule has 21 heavy (non-hydrogen) atoms. The van der Waals surface area contributed by atoms with Crippen LogP contribution >= 0.6 is 11.6 Å². The van der Waals surface area contributed by atoms with E-state index in [1.807, 2.05) is 16.8 Å². The summed E-state index contributed by atoms with van der Waals surface area (Å²) in [6.07, 6.45) is 3.56. The Kier molecular flexibility index (Phi) is 3.85. The van der Waals surface area contributed by atoms with E-state index < -0.39 is 0 Å². The van der Waals surface area contributed by atoms with Crippen molar-refractivity contribution in [1.29, 1.82) is 0 Å². The summed E-state index contributed by atoms with van der Waals surface area (Å²) in [4.78, 5) is 0. The van der Waals surface area contributed by atoms with Crippen molar-refractivity contribution in [3.63, 3.8) is 0 Å². The lowest BCUT2D eigenvalue weighted by atomic mass is 9.93. The molecule has 1 heterocycles. The molecule has 0 bridgehead atoms. The maximum atomic E-state index is 6.10. The zero-order valence-electron chi connectivity index (χ0n) is 12.3. The molecule has 5 nitrogen and oxygen atoms in total. The van der Waals surface area contributed by atoms with Gasteiger partial charge in [-0.05, 0) is 53.3 Å². The molecule has 1 fully saturated rings. The van der Waals surface area contributed by atoms with Crippen molar-refractivity contribution in [2.45, 2.75) is 39.2 Å². The van der Waals surface area contributed by atoms with Crippen LogP contribution < -0.4 is 5.73 Å². The zero-order chi connectivity index (χ0) is 15.0. The first kappa shape index (κ1) is 14.3. The maximum Gasteiger partial charge on any atom is 0.182 e. The number of nitrogens with zero attached hydrogens (tertiary/aromatic N) is 4. The molecule has 0 radical (unpaired) electrons. The van der Waals surface area contributed by atoms with Gasteiger partial charge in [0.1, 0.15) is 0 Å². The fourth-order valence-corrected chi connectivity index (χ4v) is 3.74. The highest BCUT2D eigenvalue weighted by Crippen LogP contribution is 2.42. The molecule has 1 aliphatic carbocycles. The number of tetrazole rings is 1. The molecule has 3 rings (SSSR count). The predicted molar refractivity (Wildman–Crippen MR) is 83.9 cm³/mol. The Hall–Kier alpha value is -1.62. The molecule has 6 heteroatoms. The average Bonchev–Trinajstić information content (AvgIpc) is 3.03. The minimum absolute atomic E-state index is 0.347. The van der Waals surface area contributed by atoms with Crippen LogP contribution in [0.1, 0.15) is 39.2 Å². The summed E-state index contributed by atoms with van der Waals surface area (Å²) >= 11 is 6.10. The second kappa shape index (κ2) is 5.64. The first-order valence-electron chi connectivity index (χ1n) is 7.44. The van der Waals surface area contributed by atoms with E-state index in [2.05, 4.69) is 29.4 Å². The van der Waals surface area contributed by atoms with E-state index in [0.717, 1.165) is 23.7 Å². The topological polar surface area (TPSA) is 69.6 Å². The van der Waals surface area contributed by atoms with Gasteiger partial charge in [-0.2, -0.15) is 0 Å². The first-order chi connectivity index (χ1) is 10.1. The molecule has 1 aromatic heterocycles. The van der Waals surface area contributed by atoms with Crippen LogP contribution in [0.25, 0.3) is 11.4 Å². The lowest BCUT2D eigenvalue weighted by molar-refractivity contribution is 0.310. The van der Waals surface area contributed by atoms with Crippen molar-refractivity contribution in [2.75, 3.05) is 5.73 Å². The van der Waals surface area contributed by atoms with Crippen molar-refractivity contribution >= 4 is 17.3 Å². The van der Waals surface area contributed by atoms with E-state index in [9.17, 15) is 0 Å². The minimum atomic E-state index is 0.347. The molecule has 1 saturated carbocycles. The standard InChI is InChI=1S/C15H20ClN5/c1-3-10-4-5-14(9(10)2)21-15(18-19-20-21)11-6-12(16)8-13(17)7-11/h6-10,14H,3-5,17H2,1-2H3. The van der Waals surface area contributed by atoms with Gasteiger partial charge in [0.2, 0.25) is 0 Å². The lowest BCUT2D eigenvalue weighted by Gasteiger charge is -2.20. The molecule has 0 amide bonds. The third kappa shape index (κ3) is 2.62. The number of aromatic nitrogens is 4. The Morgan fingerprint density at radius 1 is 1.33 bits per heavy atom. The number of benzene rings is 1. The normalized spacial score (nSPS) is 25.4. The van der Waals surface area contributed by atoms with Crippen LogP contribution in [0.3, 0.4) is 0 Å². The van der Waals surface area contributed by atoms with Gasteiger partial charge >= 0.3 is 0 Å². The van der Waals surface area contributed by atoms with Crippen LogP contribution in [-0.4, -0.2) is 20.2 Å². The number of nitrogen functional groups attached to an aromatic ring is 1. The third-order valence-electron chi connectivity index (χ3n) is 4.69. The summed E-state index contributed by atoms with van der Waals surface area (Å²) in [5.41, 5.74) is 7.37. The van der Waals surface area contributed by atoms with Gasteiger partial charge in [-0.25, -0.2) is 4.68 Å². The Bertz CT molecular complexity index is 618. The minimum Gasteiger partial charge on any atom is -0.399 e. The molecule has 1 aromatic carbocycles. The number of hydrogen-bond donors (Lipinski definition) is 1. The molecule has 112 valence electrons. The van der Waals surface area contributed by atoms with Gasteiger partial charge in [0.15, 0.2) is 5.82 Å². The molecular formula is C15H20ClN5. The molecule has 0 saturated heterocycles. The lowest BCUT2D eigenvalue weighted by Crippen LogP contribution is -2.18. The van der Waals surface area contributed by atoms with Gasteiger partial charge in [-0.1, -0.05) is 31.9 Å². The van der Waals surface area contributed by atoms with Gasteiger partial charge in [-0.3, -0.25) is 0 Å². The van der Waals surface area contributed by atoms with Crippen LogP contribution in [0.2, 0.25) is 5.02 Å². The Labute approximate surface area is 129 Å².